The first-order valence-electron chi connectivity index (χ1n) is 7.37. The molecule has 2 N–H and O–H groups in total. The summed E-state index contributed by atoms with van der Waals surface area (Å²) < 4.78 is 18.1. The van der Waals surface area contributed by atoms with E-state index in [-0.39, 0.29) is 11.4 Å². The Morgan fingerprint density at radius 2 is 2.10 bits per heavy atom. The van der Waals surface area contributed by atoms with Gasteiger partial charge in [0.1, 0.15) is 11.6 Å². The lowest BCUT2D eigenvalue weighted by atomic mass is 9.88. The highest BCUT2D eigenvalue weighted by atomic mass is 19.1. The maximum Gasteiger partial charge on any atom is 0.280 e. The van der Waals surface area contributed by atoms with Crippen LogP contribution in [0.1, 0.15) is 36.5 Å². The Labute approximate surface area is 122 Å². The lowest BCUT2D eigenvalue weighted by molar-refractivity contribution is 0.287. The molecule has 1 aliphatic rings. The van der Waals surface area contributed by atoms with Crippen LogP contribution >= 0.6 is 0 Å². The zero-order chi connectivity index (χ0) is 14.7. The van der Waals surface area contributed by atoms with Gasteiger partial charge in [-0.2, -0.15) is 5.16 Å². The summed E-state index contributed by atoms with van der Waals surface area (Å²) in [6, 6.07) is 8.62. The SMILES string of the molecule is O=c1cc([C@H]2CCN[C@H](CCc3ccc(F)cc3)C2)o[nH]1. The summed E-state index contributed by atoms with van der Waals surface area (Å²) in [6.07, 6.45) is 3.86. The van der Waals surface area contributed by atoms with Crippen molar-refractivity contribution in [3.05, 3.63) is 57.8 Å². The van der Waals surface area contributed by atoms with Crippen molar-refractivity contribution in [2.24, 2.45) is 0 Å². The quantitative estimate of drug-likeness (QED) is 0.910. The number of benzene rings is 1. The molecule has 5 heteroatoms. The number of rotatable bonds is 4. The molecule has 112 valence electrons. The van der Waals surface area contributed by atoms with Crippen molar-refractivity contribution >= 4 is 0 Å². The Morgan fingerprint density at radius 3 is 2.81 bits per heavy atom. The van der Waals surface area contributed by atoms with Gasteiger partial charge >= 0.3 is 0 Å². The van der Waals surface area contributed by atoms with E-state index in [1.807, 2.05) is 12.1 Å². The van der Waals surface area contributed by atoms with E-state index < -0.39 is 0 Å². The second-order valence-corrected chi connectivity index (χ2v) is 5.65. The Bertz CT molecular complexity index is 632. The average molecular weight is 290 g/mol. The van der Waals surface area contributed by atoms with Gasteiger partial charge in [0.05, 0.1) is 0 Å². The fourth-order valence-corrected chi connectivity index (χ4v) is 2.98. The van der Waals surface area contributed by atoms with Crippen LogP contribution < -0.4 is 10.9 Å². The predicted molar refractivity (Wildman–Crippen MR) is 77.8 cm³/mol. The van der Waals surface area contributed by atoms with Crippen LogP contribution in [-0.2, 0) is 6.42 Å². The number of piperidine rings is 1. The molecule has 3 rings (SSSR count). The fourth-order valence-electron chi connectivity index (χ4n) is 2.98. The Hall–Kier alpha value is -1.88. The van der Waals surface area contributed by atoms with E-state index in [4.69, 9.17) is 4.52 Å². The maximum atomic E-state index is 12.9. The summed E-state index contributed by atoms with van der Waals surface area (Å²) in [5, 5.41) is 5.86. The van der Waals surface area contributed by atoms with E-state index in [1.54, 1.807) is 6.07 Å². The van der Waals surface area contributed by atoms with Crippen LogP contribution in [0.25, 0.3) is 0 Å². The van der Waals surface area contributed by atoms with E-state index >= 15 is 0 Å². The topological polar surface area (TPSA) is 58.0 Å². The smallest absolute Gasteiger partial charge is 0.280 e. The molecule has 21 heavy (non-hydrogen) atoms. The summed E-state index contributed by atoms with van der Waals surface area (Å²) in [7, 11) is 0. The molecule has 2 atom stereocenters. The van der Waals surface area contributed by atoms with Crippen molar-refractivity contribution in [3.63, 3.8) is 0 Å². The third kappa shape index (κ3) is 3.61. The molecule has 1 aromatic heterocycles. The van der Waals surface area contributed by atoms with Crippen LogP contribution in [0.4, 0.5) is 4.39 Å². The molecular weight excluding hydrogens is 271 g/mol. The normalized spacial score (nSPS) is 22.3. The van der Waals surface area contributed by atoms with Crippen molar-refractivity contribution in [3.8, 4) is 0 Å². The minimum atomic E-state index is -0.197. The third-order valence-electron chi connectivity index (χ3n) is 4.13. The number of H-pyrrole nitrogens is 1. The Kier molecular flexibility index (Phi) is 4.20. The molecule has 0 aliphatic carbocycles. The number of hydrogen-bond acceptors (Lipinski definition) is 3. The van der Waals surface area contributed by atoms with Gasteiger partial charge in [-0.3, -0.25) is 4.79 Å². The summed E-state index contributed by atoms with van der Waals surface area (Å²) >= 11 is 0. The van der Waals surface area contributed by atoms with Crippen LogP contribution in [-0.4, -0.2) is 17.7 Å². The molecule has 1 fully saturated rings. The molecule has 1 aromatic carbocycles. The van der Waals surface area contributed by atoms with Gasteiger partial charge in [-0.15, -0.1) is 0 Å². The lowest BCUT2D eigenvalue weighted by Crippen LogP contribution is -2.37. The van der Waals surface area contributed by atoms with Crippen molar-refractivity contribution in [2.75, 3.05) is 6.54 Å². The van der Waals surface area contributed by atoms with Gasteiger partial charge in [-0.05, 0) is 49.9 Å². The van der Waals surface area contributed by atoms with E-state index in [0.717, 1.165) is 43.6 Å². The van der Waals surface area contributed by atoms with Gasteiger partial charge in [0.25, 0.3) is 5.56 Å². The third-order valence-corrected chi connectivity index (χ3v) is 4.13. The van der Waals surface area contributed by atoms with Crippen LogP contribution in [0, 0.1) is 5.82 Å². The van der Waals surface area contributed by atoms with Gasteiger partial charge in [-0.25, -0.2) is 4.39 Å². The van der Waals surface area contributed by atoms with Crippen molar-refractivity contribution in [1.82, 2.24) is 10.5 Å². The van der Waals surface area contributed by atoms with Gasteiger partial charge in [0, 0.05) is 18.0 Å². The molecule has 1 saturated heterocycles. The summed E-state index contributed by atoms with van der Waals surface area (Å²) in [5.41, 5.74) is 0.972. The number of nitrogens with one attached hydrogen (secondary N) is 2. The fraction of sp³-hybridized carbons (Fsp3) is 0.438. The van der Waals surface area contributed by atoms with Crippen LogP contribution in [0.2, 0.25) is 0 Å². The van der Waals surface area contributed by atoms with Crippen LogP contribution in [0.5, 0.6) is 0 Å². The Balaban J connectivity index is 1.56. The van der Waals surface area contributed by atoms with Crippen molar-refractivity contribution in [2.45, 2.75) is 37.6 Å². The number of aromatic nitrogens is 1. The first-order chi connectivity index (χ1) is 10.2. The minimum Gasteiger partial charge on any atom is -0.383 e. The highest BCUT2D eigenvalue weighted by Crippen LogP contribution is 2.28. The van der Waals surface area contributed by atoms with Crippen molar-refractivity contribution < 1.29 is 8.91 Å². The zero-order valence-corrected chi connectivity index (χ0v) is 11.8. The number of aromatic amines is 1. The summed E-state index contributed by atoms with van der Waals surface area (Å²) in [5.74, 6) is 0.855. The first kappa shape index (κ1) is 14.1. The second kappa shape index (κ2) is 6.26. The highest BCUT2D eigenvalue weighted by Gasteiger charge is 2.25. The van der Waals surface area contributed by atoms with Gasteiger partial charge in [0.15, 0.2) is 0 Å². The van der Waals surface area contributed by atoms with Crippen LogP contribution in [0.3, 0.4) is 0 Å². The van der Waals surface area contributed by atoms with Gasteiger partial charge in [-0.1, -0.05) is 12.1 Å². The van der Waals surface area contributed by atoms with E-state index in [9.17, 15) is 9.18 Å². The lowest BCUT2D eigenvalue weighted by Gasteiger charge is -2.29. The molecule has 0 spiro atoms. The van der Waals surface area contributed by atoms with Crippen LogP contribution in [0.15, 0.2) is 39.6 Å². The van der Waals surface area contributed by atoms with Gasteiger partial charge < -0.3 is 9.84 Å². The predicted octanol–water partition coefficient (Wildman–Crippen LogP) is 2.58. The second-order valence-electron chi connectivity index (χ2n) is 5.65. The van der Waals surface area contributed by atoms with E-state index in [2.05, 4.69) is 10.5 Å². The standard InChI is InChI=1S/C16H19FN2O2/c17-13-4-1-11(2-5-13)3-6-14-9-12(7-8-18-14)15-10-16(20)19-21-15/h1-2,4-5,10,12,14,18H,3,6-9H2,(H,19,20)/t12-,14+/m0/s1. The average Bonchev–Trinajstić information content (AvgIpc) is 2.94. The Morgan fingerprint density at radius 1 is 1.29 bits per heavy atom. The number of hydrogen-bond donors (Lipinski definition) is 2. The molecule has 0 amide bonds. The minimum absolute atomic E-state index is 0.175. The maximum absolute atomic E-state index is 12.9. The first-order valence-corrected chi connectivity index (χ1v) is 7.37. The summed E-state index contributed by atoms with van der Waals surface area (Å²) in [6.45, 7) is 0.924. The zero-order valence-electron chi connectivity index (χ0n) is 11.8. The molecule has 0 saturated carbocycles. The molecule has 0 radical (unpaired) electrons. The van der Waals surface area contributed by atoms with Gasteiger partial charge in [0.2, 0.25) is 0 Å². The molecule has 0 unspecified atom stereocenters. The molecule has 4 nitrogen and oxygen atoms in total. The molecular formula is C16H19FN2O2. The van der Waals surface area contributed by atoms with E-state index in [0.29, 0.717) is 12.0 Å². The highest BCUT2D eigenvalue weighted by molar-refractivity contribution is 5.16. The molecule has 2 aromatic rings. The molecule has 0 bridgehead atoms. The van der Waals surface area contributed by atoms with E-state index in [1.165, 1.54) is 12.1 Å². The number of aryl methyl sites for hydroxylation is 1. The largest absolute Gasteiger partial charge is 0.383 e. The molecule has 1 aliphatic heterocycles. The molecule has 2 heterocycles. The number of halogens is 1. The van der Waals surface area contributed by atoms with Crippen molar-refractivity contribution in [1.29, 1.82) is 0 Å². The summed E-state index contributed by atoms with van der Waals surface area (Å²) in [4.78, 5) is 11.2. The monoisotopic (exact) mass is 290 g/mol.